The molecular weight excluding hydrogens is 294 g/mol. The number of anilines is 1. The van der Waals surface area contributed by atoms with Gasteiger partial charge in [0.25, 0.3) is 0 Å². The molecule has 0 fully saturated rings. The van der Waals surface area contributed by atoms with Gasteiger partial charge in [-0.3, -0.25) is 4.72 Å². The zero-order chi connectivity index (χ0) is 14.8. The molecular formula is C11H14F2N2O4S. The predicted molar refractivity (Wildman–Crippen MR) is 68.6 cm³/mol. The minimum atomic E-state index is -3.72. The van der Waals surface area contributed by atoms with Crippen molar-refractivity contribution in [2.45, 2.75) is 13.2 Å². The van der Waals surface area contributed by atoms with Gasteiger partial charge in [0, 0.05) is 12.6 Å². The molecule has 6 nitrogen and oxygen atoms in total. The van der Waals surface area contributed by atoms with Crippen LogP contribution in [0.1, 0.15) is 6.92 Å². The normalized spacial score (nSPS) is 16.1. The van der Waals surface area contributed by atoms with Crippen molar-refractivity contribution < 1.29 is 26.7 Å². The Labute approximate surface area is 115 Å². The summed E-state index contributed by atoms with van der Waals surface area (Å²) >= 11 is 0. The molecule has 112 valence electrons. The summed E-state index contributed by atoms with van der Waals surface area (Å²) in [7, 11) is -3.55. The zero-order valence-corrected chi connectivity index (χ0v) is 11.5. The van der Waals surface area contributed by atoms with E-state index < -0.39 is 16.3 Å². The van der Waals surface area contributed by atoms with Crippen LogP contribution >= 0.6 is 0 Å². The summed E-state index contributed by atoms with van der Waals surface area (Å²) in [5, 5.41) is 2.88. The van der Waals surface area contributed by atoms with Crippen molar-refractivity contribution in [1.82, 2.24) is 5.32 Å². The van der Waals surface area contributed by atoms with Crippen LogP contribution in [-0.2, 0) is 10.0 Å². The summed E-state index contributed by atoms with van der Waals surface area (Å²) in [6.45, 7) is 2.82. The highest BCUT2D eigenvalue weighted by atomic mass is 32.2. The van der Waals surface area contributed by atoms with E-state index in [-0.39, 0.29) is 22.9 Å². The predicted octanol–water partition coefficient (Wildman–Crippen LogP) is 1.36. The summed E-state index contributed by atoms with van der Waals surface area (Å²) in [6, 6.07) is 3.70. The molecule has 0 aliphatic carbocycles. The summed E-state index contributed by atoms with van der Waals surface area (Å²) in [6.07, 6.45) is -3.72. The van der Waals surface area contributed by atoms with E-state index in [1.807, 2.05) is 6.92 Å². The Bertz CT molecular complexity index is 592. The van der Waals surface area contributed by atoms with Crippen molar-refractivity contribution >= 4 is 15.7 Å². The summed E-state index contributed by atoms with van der Waals surface area (Å²) in [4.78, 5) is 0. The van der Waals surface area contributed by atoms with Gasteiger partial charge in [-0.1, -0.05) is 6.92 Å². The smallest absolute Gasteiger partial charge is 0.395 e. The molecule has 0 radical (unpaired) electrons. The molecule has 1 aliphatic rings. The highest BCUT2D eigenvalue weighted by Gasteiger charge is 2.43. The number of fused-ring (bicyclic) bond motifs is 1. The van der Waals surface area contributed by atoms with E-state index in [1.165, 1.54) is 12.1 Å². The molecule has 0 bridgehead atoms. The molecule has 0 saturated carbocycles. The van der Waals surface area contributed by atoms with Gasteiger partial charge in [0.2, 0.25) is 10.0 Å². The van der Waals surface area contributed by atoms with E-state index >= 15 is 0 Å². The average molecular weight is 308 g/mol. The Morgan fingerprint density at radius 3 is 2.65 bits per heavy atom. The van der Waals surface area contributed by atoms with Crippen molar-refractivity contribution in [2.75, 3.05) is 23.6 Å². The summed E-state index contributed by atoms with van der Waals surface area (Å²) in [5.74, 6) is -0.460. The van der Waals surface area contributed by atoms with E-state index in [2.05, 4.69) is 19.5 Å². The Morgan fingerprint density at radius 2 is 1.95 bits per heavy atom. The molecule has 1 heterocycles. The Hall–Kier alpha value is -1.61. The second kappa shape index (κ2) is 5.41. The zero-order valence-electron chi connectivity index (χ0n) is 10.7. The number of alkyl halides is 2. The maximum absolute atomic E-state index is 12.8. The minimum Gasteiger partial charge on any atom is -0.395 e. The van der Waals surface area contributed by atoms with Gasteiger partial charge in [-0.15, -0.1) is 8.78 Å². The minimum absolute atomic E-state index is 0.120. The first-order chi connectivity index (χ1) is 9.31. The fraction of sp³-hybridized carbons (Fsp3) is 0.455. The van der Waals surface area contributed by atoms with E-state index in [9.17, 15) is 17.2 Å². The van der Waals surface area contributed by atoms with Gasteiger partial charge in [-0.2, -0.15) is 0 Å². The van der Waals surface area contributed by atoms with Crippen molar-refractivity contribution in [1.29, 1.82) is 0 Å². The lowest BCUT2D eigenvalue weighted by atomic mass is 10.3. The van der Waals surface area contributed by atoms with E-state index in [0.29, 0.717) is 13.1 Å². The van der Waals surface area contributed by atoms with Crippen molar-refractivity contribution in [3.8, 4) is 11.5 Å². The molecule has 0 aromatic heterocycles. The van der Waals surface area contributed by atoms with Gasteiger partial charge in [-0.25, -0.2) is 8.42 Å². The summed E-state index contributed by atoms with van der Waals surface area (Å²) < 4.78 is 59.9. The third-order valence-corrected chi connectivity index (χ3v) is 3.76. The number of rotatable bonds is 6. The molecule has 9 heteroatoms. The van der Waals surface area contributed by atoms with E-state index in [4.69, 9.17) is 0 Å². The average Bonchev–Trinajstić information content (AvgIpc) is 2.62. The highest BCUT2D eigenvalue weighted by Crippen LogP contribution is 2.42. The largest absolute Gasteiger partial charge is 0.586 e. The first kappa shape index (κ1) is 14.8. The fourth-order valence-corrected chi connectivity index (χ4v) is 2.63. The fourth-order valence-electron chi connectivity index (χ4n) is 1.63. The maximum Gasteiger partial charge on any atom is 0.586 e. The molecule has 0 amide bonds. The second-order valence-corrected chi connectivity index (χ2v) is 5.95. The molecule has 1 aromatic rings. The van der Waals surface area contributed by atoms with Crippen molar-refractivity contribution in [2.24, 2.45) is 0 Å². The van der Waals surface area contributed by atoms with Crippen LogP contribution in [0, 0.1) is 0 Å². The van der Waals surface area contributed by atoms with Gasteiger partial charge in [0.05, 0.1) is 11.4 Å². The maximum atomic E-state index is 12.8. The third kappa shape index (κ3) is 3.70. The number of hydrogen-bond donors (Lipinski definition) is 2. The number of nitrogens with one attached hydrogen (secondary N) is 2. The van der Waals surface area contributed by atoms with Crippen LogP contribution in [0.3, 0.4) is 0 Å². The van der Waals surface area contributed by atoms with Crippen LogP contribution in [0.15, 0.2) is 18.2 Å². The molecule has 2 N–H and O–H groups in total. The third-order valence-electron chi connectivity index (χ3n) is 2.47. The van der Waals surface area contributed by atoms with Crippen LogP contribution in [0.5, 0.6) is 11.5 Å². The van der Waals surface area contributed by atoms with Crippen LogP contribution in [0.2, 0.25) is 0 Å². The monoisotopic (exact) mass is 308 g/mol. The molecule has 1 aliphatic heterocycles. The van der Waals surface area contributed by atoms with Gasteiger partial charge in [-0.05, 0) is 18.7 Å². The lowest BCUT2D eigenvalue weighted by Gasteiger charge is -2.08. The van der Waals surface area contributed by atoms with Gasteiger partial charge >= 0.3 is 6.29 Å². The van der Waals surface area contributed by atoms with Gasteiger partial charge < -0.3 is 14.8 Å². The number of halogens is 2. The highest BCUT2D eigenvalue weighted by molar-refractivity contribution is 7.92. The molecule has 2 rings (SSSR count). The van der Waals surface area contributed by atoms with Gasteiger partial charge in [0.15, 0.2) is 11.5 Å². The standard InChI is InChI=1S/C11H14F2N2O4S/c1-2-14-5-6-20(16,17)15-8-3-4-9-10(7-8)19-11(12,13)18-9/h3-4,7,14-15H,2,5-6H2,1H3. The number of ether oxygens (including phenoxy) is 2. The Morgan fingerprint density at radius 1 is 1.25 bits per heavy atom. The topological polar surface area (TPSA) is 76.7 Å². The quantitative estimate of drug-likeness (QED) is 0.776. The van der Waals surface area contributed by atoms with Crippen molar-refractivity contribution in [3.63, 3.8) is 0 Å². The number of benzene rings is 1. The molecule has 0 unspecified atom stereocenters. The Kier molecular flexibility index (Phi) is 4.00. The van der Waals surface area contributed by atoms with E-state index in [0.717, 1.165) is 6.07 Å². The first-order valence-corrected chi connectivity index (χ1v) is 7.58. The second-order valence-electron chi connectivity index (χ2n) is 4.10. The lowest BCUT2D eigenvalue weighted by molar-refractivity contribution is -0.286. The summed E-state index contributed by atoms with van der Waals surface area (Å²) in [5.41, 5.74) is 0.140. The Balaban J connectivity index is 2.05. The lowest BCUT2D eigenvalue weighted by Crippen LogP contribution is -2.26. The van der Waals surface area contributed by atoms with Crippen molar-refractivity contribution in [3.05, 3.63) is 18.2 Å². The van der Waals surface area contributed by atoms with Crippen LogP contribution in [-0.4, -0.2) is 33.6 Å². The van der Waals surface area contributed by atoms with E-state index in [1.54, 1.807) is 0 Å². The first-order valence-electron chi connectivity index (χ1n) is 5.92. The van der Waals surface area contributed by atoms with Crippen LogP contribution in [0.4, 0.5) is 14.5 Å². The number of sulfonamides is 1. The molecule has 20 heavy (non-hydrogen) atoms. The molecule has 0 saturated heterocycles. The molecule has 0 spiro atoms. The van der Waals surface area contributed by atoms with Gasteiger partial charge in [0.1, 0.15) is 0 Å². The SMILES string of the molecule is CCNCCS(=O)(=O)Nc1ccc2c(c1)OC(F)(F)O2. The molecule has 1 aromatic carbocycles. The van der Waals surface area contributed by atoms with Crippen LogP contribution < -0.4 is 19.5 Å². The molecule has 0 atom stereocenters. The van der Waals surface area contributed by atoms with Crippen LogP contribution in [0.25, 0.3) is 0 Å². The number of hydrogen-bond acceptors (Lipinski definition) is 5.